The van der Waals surface area contributed by atoms with E-state index in [-0.39, 0.29) is 5.91 Å². The molecule has 0 spiro atoms. The van der Waals surface area contributed by atoms with Gasteiger partial charge < -0.3 is 4.74 Å². The molecule has 0 aliphatic rings. The molecule has 0 saturated heterocycles. The van der Waals surface area contributed by atoms with Gasteiger partial charge in [0.25, 0.3) is 5.91 Å². The first-order chi connectivity index (χ1) is 7.99. The van der Waals surface area contributed by atoms with E-state index in [4.69, 9.17) is 4.74 Å². The molecule has 0 aromatic carbocycles. The Hall–Kier alpha value is -1.43. The van der Waals surface area contributed by atoms with Crippen LogP contribution >= 0.6 is 0 Å². The van der Waals surface area contributed by atoms with Gasteiger partial charge in [0.1, 0.15) is 12.4 Å². The molecule has 0 unspecified atom stereocenters. The van der Waals surface area contributed by atoms with Crippen LogP contribution in [0.1, 0.15) is 27.2 Å². The van der Waals surface area contributed by atoms with Crippen molar-refractivity contribution in [3.63, 3.8) is 0 Å². The van der Waals surface area contributed by atoms with Gasteiger partial charge in [-0.05, 0) is 19.3 Å². The van der Waals surface area contributed by atoms with Crippen LogP contribution in [0.4, 0.5) is 5.95 Å². The summed E-state index contributed by atoms with van der Waals surface area (Å²) >= 11 is 0. The lowest BCUT2D eigenvalue weighted by molar-refractivity contribution is -0.126. The van der Waals surface area contributed by atoms with Crippen LogP contribution in [0.25, 0.3) is 0 Å². The van der Waals surface area contributed by atoms with Crippen LogP contribution in [-0.2, 0) is 16.6 Å². The van der Waals surface area contributed by atoms with Gasteiger partial charge >= 0.3 is 0 Å². The van der Waals surface area contributed by atoms with E-state index in [0.717, 1.165) is 6.42 Å². The normalized spacial score (nSPS) is 12.8. The molecule has 0 fully saturated rings. The van der Waals surface area contributed by atoms with Gasteiger partial charge in [-0.25, -0.2) is 4.98 Å². The van der Waals surface area contributed by atoms with E-state index in [1.165, 1.54) is 11.0 Å². The van der Waals surface area contributed by atoms with Crippen LogP contribution in [-0.4, -0.2) is 33.4 Å². The summed E-state index contributed by atoms with van der Waals surface area (Å²) < 4.78 is 6.95. The minimum Gasteiger partial charge on any atom is -0.369 e. The number of aryl methyl sites for hydroxylation is 1. The number of aromatic nitrogens is 3. The second-order valence-corrected chi connectivity index (χ2v) is 4.43. The Labute approximate surface area is 101 Å². The molecular formula is C11H20N4O2. The second kappa shape index (κ2) is 6.34. The van der Waals surface area contributed by atoms with Gasteiger partial charge in [-0.15, -0.1) is 5.10 Å². The maximum absolute atomic E-state index is 11.7. The van der Waals surface area contributed by atoms with Crippen molar-refractivity contribution in [1.82, 2.24) is 14.8 Å². The summed E-state index contributed by atoms with van der Waals surface area (Å²) in [6.45, 7) is 6.54. The van der Waals surface area contributed by atoms with Gasteiger partial charge in [0.05, 0.1) is 0 Å². The lowest BCUT2D eigenvalue weighted by Gasteiger charge is -2.12. The topological polar surface area (TPSA) is 69.0 Å². The van der Waals surface area contributed by atoms with E-state index in [9.17, 15) is 4.79 Å². The van der Waals surface area contributed by atoms with Crippen molar-refractivity contribution in [2.24, 2.45) is 13.0 Å². The van der Waals surface area contributed by atoms with Crippen molar-refractivity contribution in [3.8, 4) is 0 Å². The third kappa shape index (κ3) is 4.95. The van der Waals surface area contributed by atoms with E-state index in [1.807, 2.05) is 0 Å². The van der Waals surface area contributed by atoms with Crippen molar-refractivity contribution >= 4 is 11.9 Å². The number of carbonyl (C=O) groups excluding carboxylic acids is 1. The molecule has 6 nitrogen and oxygen atoms in total. The summed E-state index contributed by atoms with van der Waals surface area (Å²) in [6.07, 6.45) is 1.98. The monoisotopic (exact) mass is 240 g/mol. The number of hydrogen-bond donors (Lipinski definition) is 1. The maximum atomic E-state index is 11.7. The highest BCUT2D eigenvalue weighted by molar-refractivity contribution is 5.92. The molecule has 96 valence electrons. The van der Waals surface area contributed by atoms with Gasteiger partial charge in [-0.1, -0.05) is 13.8 Å². The Morgan fingerprint density at radius 3 is 2.76 bits per heavy atom. The van der Waals surface area contributed by atoms with Crippen LogP contribution < -0.4 is 5.32 Å². The molecule has 17 heavy (non-hydrogen) atoms. The maximum Gasteiger partial charge on any atom is 0.255 e. The number of nitrogens with zero attached hydrogens (tertiary/aromatic N) is 3. The Morgan fingerprint density at radius 2 is 2.24 bits per heavy atom. The zero-order valence-corrected chi connectivity index (χ0v) is 10.8. The summed E-state index contributed by atoms with van der Waals surface area (Å²) in [5.74, 6) is 0.652. The van der Waals surface area contributed by atoms with Gasteiger partial charge in [0, 0.05) is 13.7 Å². The number of nitrogens with one attached hydrogen (secondary N) is 1. The van der Waals surface area contributed by atoms with Gasteiger partial charge in [-0.3, -0.25) is 14.8 Å². The van der Waals surface area contributed by atoms with Gasteiger partial charge in [0.15, 0.2) is 0 Å². The number of rotatable bonds is 6. The number of hydrogen-bond acceptors (Lipinski definition) is 4. The molecule has 0 radical (unpaired) electrons. The van der Waals surface area contributed by atoms with Gasteiger partial charge in [0.2, 0.25) is 5.95 Å². The van der Waals surface area contributed by atoms with E-state index in [0.29, 0.717) is 18.5 Å². The van der Waals surface area contributed by atoms with Crippen molar-refractivity contribution < 1.29 is 9.53 Å². The first kappa shape index (κ1) is 13.6. The number of amides is 1. The Kier molecular flexibility index (Phi) is 5.09. The fourth-order valence-corrected chi connectivity index (χ4v) is 1.16. The third-order valence-electron chi connectivity index (χ3n) is 2.27. The van der Waals surface area contributed by atoms with Crippen molar-refractivity contribution in [1.29, 1.82) is 0 Å². The number of ether oxygens (including phenoxy) is 1. The van der Waals surface area contributed by atoms with Crippen molar-refractivity contribution in [2.45, 2.75) is 33.3 Å². The lowest BCUT2D eigenvalue weighted by atomic mass is 10.1. The van der Waals surface area contributed by atoms with E-state index in [2.05, 4.69) is 29.2 Å². The highest BCUT2D eigenvalue weighted by Crippen LogP contribution is 2.03. The van der Waals surface area contributed by atoms with Crippen LogP contribution in [0.3, 0.4) is 0 Å². The molecule has 6 heteroatoms. The zero-order valence-electron chi connectivity index (χ0n) is 10.8. The largest absolute Gasteiger partial charge is 0.369 e. The highest BCUT2D eigenvalue weighted by Gasteiger charge is 2.15. The van der Waals surface area contributed by atoms with Crippen LogP contribution in [0.15, 0.2) is 6.33 Å². The zero-order chi connectivity index (χ0) is 12.8. The highest BCUT2D eigenvalue weighted by atomic mass is 16.5. The predicted octanol–water partition coefficient (Wildman–Crippen LogP) is 1.20. The lowest BCUT2D eigenvalue weighted by Crippen LogP contribution is -2.28. The first-order valence-electron chi connectivity index (χ1n) is 5.77. The average molecular weight is 240 g/mol. The van der Waals surface area contributed by atoms with Gasteiger partial charge in [-0.2, -0.15) is 0 Å². The molecule has 0 bridgehead atoms. The van der Waals surface area contributed by atoms with Crippen LogP contribution in [0.2, 0.25) is 0 Å². The molecule has 1 aromatic rings. The van der Waals surface area contributed by atoms with Crippen molar-refractivity contribution in [2.75, 3.05) is 11.9 Å². The minimum absolute atomic E-state index is 0.222. The SMILES string of the molecule is CC(C)CCO[C@H](C)C(=O)Nc1ncn(C)n1. The molecule has 1 atom stereocenters. The number of carbonyl (C=O) groups is 1. The molecule has 1 aromatic heterocycles. The molecule has 0 saturated carbocycles. The van der Waals surface area contributed by atoms with E-state index < -0.39 is 6.10 Å². The second-order valence-electron chi connectivity index (χ2n) is 4.43. The molecule has 1 rings (SSSR count). The Balaban J connectivity index is 2.32. The van der Waals surface area contributed by atoms with Crippen molar-refractivity contribution in [3.05, 3.63) is 6.33 Å². The van der Waals surface area contributed by atoms with Crippen LogP contribution in [0.5, 0.6) is 0 Å². The fourth-order valence-electron chi connectivity index (χ4n) is 1.16. The first-order valence-corrected chi connectivity index (χ1v) is 5.77. The quantitative estimate of drug-likeness (QED) is 0.811. The van der Waals surface area contributed by atoms with E-state index >= 15 is 0 Å². The Morgan fingerprint density at radius 1 is 1.53 bits per heavy atom. The minimum atomic E-state index is -0.488. The number of anilines is 1. The summed E-state index contributed by atoms with van der Waals surface area (Å²) in [4.78, 5) is 15.6. The summed E-state index contributed by atoms with van der Waals surface area (Å²) in [7, 11) is 1.74. The molecule has 1 amide bonds. The summed E-state index contributed by atoms with van der Waals surface area (Å²) in [5.41, 5.74) is 0. The van der Waals surface area contributed by atoms with E-state index in [1.54, 1.807) is 14.0 Å². The molecule has 1 N–H and O–H groups in total. The molecule has 1 heterocycles. The standard InChI is InChI=1S/C11H20N4O2/c1-8(2)5-6-17-9(3)10(16)13-11-12-7-15(4)14-11/h7-9H,5-6H2,1-4H3,(H,13,14,16)/t9-/m1/s1. The van der Waals surface area contributed by atoms with Crippen LogP contribution in [0, 0.1) is 5.92 Å². The average Bonchev–Trinajstić information content (AvgIpc) is 2.63. The molecule has 0 aliphatic carbocycles. The summed E-state index contributed by atoms with van der Waals surface area (Å²) in [5, 5.41) is 6.55. The predicted molar refractivity (Wildman–Crippen MR) is 64.5 cm³/mol. The smallest absolute Gasteiger partial charge is 0.255 e. The third-order valence-corrected chi connectivity index (χ3v) is 2.27. The Bertz CT molecular complexity index is 362. The molecular weight excluding hydrogens is 220 g/mol. The molecule has 0 aliphatic heterocycles. The summed E-state index contributed by atoms with van der Waals surface area (Å²) in [6, 6.07) is 0. The fraction of sp³-hybridized carbons (Fsp3) is 0.727.